The van der Waals surface area contributed by atoms with Crippen molar-refractivity contribution < 1.29 is 9.59 Å². The molecular weight excluding hydrogens is 476 g/mol. The topological polar surface area (TPSA) is 94.8 Å². The van der Waals surface area contributed by atoms with Gasteiger partial charge in [-0.25, -0.2) is 4.98 Å². The number of carbonyl (C=O) groups is 2. The Hall–Kier alpha value is -3.13. The highest BCUT2D eigenvalue weighted by Crippen LogP contribution is 2.34. The van der Waals surface area contributed by atoms with Crippen molar-refractivity contribution in [3.05, 3.63) is 47.7 Å². The van der Waals surface area contributed by atoms with Gasteiger partial charge in [-0.1, -0.05) is 32.4 Å². The van der Waals surface area contributed by atoms with Crippen LogP contribution in [0.4, 0.5) is 17.2 Å². The molecule has 3 atom stereocenters. The quantitative estimate of drug-likeness (QED) is 0.523. The summed E-state index contributed by atoms with van der Waals surface area (Å²) in [4.78, 5) is 37.0. The number of nitrogens with one attached hydrogen (secondary N) is 1. The molecule has 2 aromatic rings. The number of hydrogen-bond acceptors (Lipinski definition) is 6. The van der Waals surface area contributed by atoms with E-state index in [1.807, 2.05) is 6.92 Å². The fourth-order valence-corrected chi connectivity index (χ4v) is 5.84. The number of pyridine rings is 1. The van der Waals surface area contributed by atoms with Gasteiger partial charge in [0.25, 0.3) is 0 Å². The van der Waals surface area contributed by atoms with E-state index in [-0.39, 0.29) is 6.04 Å². The first kappa shape index (κ1) is 27.9. The van der Waals surface area contributed by atoms with E-state index in [1.165, 1.54) is 37.7 Å². The minimum atomic E-state index is -0.637. The van der Waals surface area contributed by atoms with Gasteiger partial charge in [-0.05, 0) is 87.4 Å². The van der Waals surface area contributed by atoms with Crippen LogP contribution in [0.25, 0.3) is 0 Å². The number of nitrogen functional groups attached to an aromatic ring is 1. The van der Waals surface area contributed by atoms with Gasteiger partial charge in [0.1, 0.15) is 5.82 Å². The van der Waals surface area contributed by atoms with Gasteiger partial charge in [0.05, 0.1) is 17.9 Å². The van der Waals surface area contributed by atoms with Gasteiger partial charge in [-0.15, -0.1) is 0 Å². The smallest absolute Gasteiger partial charge is 0.313 e. The summed E-state index contributed by atoms with van der Waals surface area (Å²) < 4.78 is 0. The first-order valence-electron chi connectivity index (χ1n) is 14.1. The molecule has 8 heteroatoms. The third-order valence-corrected chi connectivity index (χ3v) is 8.35. The van der Waals surface area contributed by atoms with Crippen molar-refractivity contribution in [2.45, 2.75) is 70.9 Å². The van der Waals surface area contributed by atoms with Crippen LogP contribution < -0.4 is 16.0 Å². The Labute approximate surface area is 227 Å². The van der Waals surface area contributed by atoms with Crippen LogP contribution in [-0.4, -0.2) is 66.4 Å². The van der Waals surface area contributed by atoms with Crippen molar-refractivity contribution in [2.75, 3.05) is 49.7 Å². The Bertz CT molecular complexity index is 1100. The SMILES string of the molecule is CCc1cc(NC(=O)C(=O)N2C[C@@H](C)CC[C@@H]2c2ccc(N(C)CCC3CCCCN3C)cc2)cnc1N. The number of aryl methyl sites for hydroxylation is 1. The zero-order chi connectivity index (χ0) is 27.2. The molecule has 2 aliphatic heterocycles. The standard InChI is InChI=1S/C30H44N6O2/c1-5-22-18-24(19-32-28(22)31)33-29(37)30(38)36-20-21(2)9-14-27(36)23-10-12-26(13-11-23)35(4)17-15-25-8-6-7-16-34(25)3/h10-13,18-19,21,25,27H,5-9,14-17,20H2,1-4H3,(H2,31,32)(H,33,37)/t21-,25?,27+/m0/s1. The van der Waals surface area contributed by atoms with Crippen molar-refractivity contribution in [1.82, 2.24) is 14.8 Å². The number of carbonyl (C=O) groups excluding carboxylic acids is 2. The van der Waals surface area contributed by atoms with E-state index in [0.29, 0.717) is 36.4 Å². The Morgan fingerprint density at radius 2 is 1.92 bits per heavy atom. The molecule has 0 aliphatic carbocycles. The van der Waals surface area contributed by atoms with Crippen LogP contribution in [0.15, 0.2) is 36.5 Å². The predicted octanol–water partition coefficient (Wildman–Crippen LogP) is 4.48. The summed E-state index contributed by atoms with van der Waals surface area (Å²) in [6.45, 7) is 6.89. The van der Waals surface area contributed by atoms with Gasteiger partial charge in [-0.3, -0.25) is 9.59 Å². The third kappa shape index (κ3) is 6.65. The van der Waals surface area contributed by atoms with Gasteiger partial charge in [0.2, 0.25) is 0 Å². The van der Waals surface area contributed by atoms with Gasteiger partial charge in [0.15, 0.2) is 0 Å². The van der Waals surface area contributed by atoms with E-state index in [2.05, 4.69) is 65.4 Å². The molecule has 206 valence electrons. The van der Waals surface area contributed by atoms with E-state index in [1.54, 1.807) is 11.0 Å². The number of nitrogens with two attached hydrogens (primary N) is 1. The summed E-state index contributed by atoms with van der Waals surface area (Å²) in [5, 5.41) is 2.74. The van der Waals surface area contributed by atoms with Crippen molar-refractivity contribution in [3.63, 3.8) is 0 Å². The lowest BCUT2D eigenvalue weighted by molar-refractivity contribution is -0.146. The summed E-state index contributed by atoms with van der Waals surface area (Å²) in [7, 11) is 4.39. The van der Waals surface area contributed by atoms with E-state index in [0.717, 1.165) is 36.9 Å². The zero-order valence-electron chi connectivity index (χ0n) is 23.4. The zero-order valence-corrected chi connectivity index (χ0v) is 23.4. The van der Waals surface area contributed by atoms with Crippen LogP contribution in [0.2, 0.25) is 0 Å². The van der Waals surface area contributed by atoms with Crippen LogP contribution in [0, 0.1) is 5.92 Å². The molecule has 0 saturated carbocycles. The Morgan fingerprint density at radius 3 is 2.63 bits per heavy atom. The summed E-state index contributed by atoms with van der Waals surface area (Å²) >= 11 is 0. The summed E-state index contributed by atoms with van der Waals surface area (Å²) in [6, 6.07) is 10.9. The molecule has 0 spiro atoms. The van der Waals surface area contributed by atoms with Crippen LogP contribution in [0.1, 0.15) is 69.5 Å². The number of anilines is 3. The van der Waals surface area contributed by atoms with Crippen LogP contribution in [-0.2, 0) is 16.0 Å². The molecule has 3 N–H and O–H groups in total. The summed E-state index contributed by atoms with van der Waals surface area (Å²) in [5.41, 5.74) is 9.47. The molecule has 2 fully saturated rings. The molecule has 3 heterocycles. The molecule has 0 bridgehead atoms. The molecule has 0 radical (unpaired) electrons. The molecule has 1 aromatic carbocycles. The number of aromatic nitrogens is 1. The molecule has 2 aliphatic rings. The van der Waals surface area contributed by atoms with E-state index < -0.39 is 11.8 Å². The van der Waals surface area contributed by atoms with Crippen LogP contribution in [0.5, 0.6) is 0 Å². The number of piperidine rings is 2. The maximum Gasteiger partial charge on any atom is 0.313 e. The third-order valence-electron chi connectivity index (χ3n) is 8.35. The van der Waals surface area contributed by atoms with Gasteiger partial charge in [-0.2, -0.15) is 0 Å². The second kappa shape index (κ2) is 12.6. The van der Waals surface area contributed by atoms with E-state index >= 15 is 0 Å². The molecule has 38 heavy (non-hydrogen) atoms. The lowest BCUT2D eigenvalue weighted by Crippen LogP contribution is -2.46. The molecule has 1 aromatic heterocycles. The second-order valence-electron chi connectivity index (χ2n) is 11.2. The average molecular weight is 521 g/mol. The monoisotopic (exact) mass is 520 g/mol. The molecule has 8 nitrogen and oxygen atoms in total. The summed E-state index contributed by atoms with van der Waals surface area (Å²) in [6.07, 6.45) is 9.15. The minimum absolute atomic E-state index is 0.115. The highest BCUT2D eigenvalue weighted by atomic mass is 16.2. The van der Waals surface area contributed by atoms with E-state index in [9.17, 15) is 9.59 Å². The van der Waals surface area contributed by atoms with Gasteiger partial charge >= 0.3 is 11.8 Å². The highest BCUT2D eigenvalue weighted by molar-refractivity contribution is 6.39. The first-order valence-corrected chi connectivity index (χ1v) is 14.1. The van der Waals surface area contributed by atoms with Gasteiger partial charge in [0, 0.05) is 31.9 Å². The van der Waals surface area contributed by atoms with Gasteiger partial charge < -0.3 is 25.8 Å². The maximum atomic E-state index is 13.3. The largest absolute Gasteiger partial charge is 0.383 e. The first-order chi connectivity index (χ1) is 18.3. The predicted molar refractivity (Wildman–Crippen MR) is 154 cm³/mol. The number of hydrogen-bond donors (Lipinski definition) is 2. The van der Waals surface area contributed by atoms with Crippen LogP contribution in [0.3, 0.4) is 0 Å². The fourth-order valence-electron chi connectivity index (χ4n) is 5.84. The lowest BCUT2D eigenvalue weighted by atomic mass is 9.89. The van der Waals surface area contributed by atoms with Crippen molar-refractivity contribution in [3.8, 4) is 0 Å². The average Bonchev–Trinajstić information content (AvgIpc) is 2.93. The Kier molecular flexibility index (Phi) is 9.26. The molecule has 1 unspecified atom stereocenters. The minimum Gasteiger partial charge on any atom is -0.383 e. The second-order valence-corrected chi connectivity index (χ2v) is 11.2. The molecule has 4 rings (SSSR count). The van der Waals surface area contributed by atoms with Crippen molar-refractivity contribution in [1.29, 1.82) is 0 Å². The summed E-state index contributed by atoms with van der Waals surface area (Å²) in [5.74, 6) is -0.357. The molecule has 2 saturated heterocycles. The van der Waals surface area contributed by atoms with Crippen molar-refractivity contribution in [2.24, 2.45) is 5.92 Å². The number of benzene rings is 1. The highest BCUT2D eigenvalue weighted by Gasteiger charge is 2.34. The lowest BCUT2D eigenvalue weighted by Gasteiger charge is -2.38. The number of nitrogens with zero attached hydrogens (tertiary/aromatic N) is 4. The Morgan fingerprint density at radius 1 is 1.16 bits per heavy atom. The normalized spacial score (nSPS) is 22.2. The van der Waals surface area contributed by atoms with Crippen molar-refractivity contribution >= 4 is 29.0 Å². The molecular formula is C30H44N6O2. The number of rotatable bonds is 7. The number of likely N-dealkylation sites (tertiary alicyclic amines) is 2. The van der Waals surface area contributed by atoms with Crippen LogP contribution >= 0.6 is 0 Å². The number of amides is 2. The maximum absolute atomic E-state index is 13.3. The fraction of sp³-hybridized carbons (Fsp3) is 0.567. The van der Waals surface area contributed by atoms with E-state index in [4.69, 9.17) is 5.73 Å². The molecule has 2 amide bonds. The Balaban J connectivity index is 1.41.